The molecule has 28 heavy (non-hydrogen) atoms. The van der Waals surface area contributed by atoms with Crippen LogP contribution in [0, 0.1) is 0 Å². The van der Waals surface area contributed by atoms with E-state index in [9.17, 15) is 18.0 Å². The van der Waals surface area contributed by atoms with Crippen molar-refractivity contribution in [2.45, 2.75) is 26.6 Å². The summed E-state index contributed by atoms with van der Waals surface area (Å²) in [5.41, 5.74) is 3.22. The number of halogens is 3. The summed E-state index contributed by atoms with van der Waals surface area (Å²) in [5, 5.41) is 0.891. The van der Waals surface area contributed by atoms with Crippen LogP contribution < -0.4 is 4.74 Å². The smallest absolute Gasteiger partial charge is 0.465 e. The van der Waals surface area contributed by atoms with Crippen molar-refractivity contribution in [3.8, 4) is 5.75 Å². The highest BCUT2D eigenvalue weighted by Gasteiger charge is 2.30. The molecule has 0 bridgehead atoms. The second-order valence-corrected chi connectivity index (χ2v) is 5.83. The Bertz CT molecular complexity index is 944. The Kier molecular flexibility index (Phi) is 6.72. The number of esters is 1. The van der Waals surface area contributed by atoms with E-state index in [0.29, 0.717) is 12.0 Å². The highest BCUT2D eigenvalue weighted by atomic mass is 19.4. The molecule has 0 radical (unpaired) electrons. The quantitative estimate of drug-likeness (QED) is 0.551. The van der Waals surface area contributed by atoms with E-state index in [2.05, 4.69) is 4.74 Å². The van der Waals surface area contributed by atoms with Gasteiger partial charge in [-0.15, -0.1) is 13.2 Å². The van der Waals surface area contributed by atoms with Crippen LogP contribution in [0.4, 0.5) is 13.2 Å². The van der Waals surface area contributed by atoms with E-state index in [1.165, 1.54) is 19.2 Å². The van der Waals surface area contributed by atoms with Crippen molar-refractivity contribution in [3.63, 3.8) is 0 Å². The third kappa shape index (κ3) is 5.06. The standard InChI is InChI=1S/C19H16F3NO3.C2H6/c1-23-15(9-12-3-6-16(7-4-12)26-19(20,21)22)11-14-10-13(18(24)25-2)5-8-17(14)23;1-2/h3-8,10-11H,9H2,1-2H3;1-2H3. The van der Waals surface area contributed by atoms with Gasteiger partial charge in [-0.1, -0.05) is 26.0 Å². The normalized spacial score (nSPS) is 11.0. The first kappa shape index (κ1) is 21.3. The number of aryl methyl sites for hydroxylation is 1. The lowest BCUT2D eigenvalue weighted by Crippen LogP contribution is -2.17. The first-order valence-corrected chi connectivity index (χ1v) is 8.78. The zero-order chi connectivity index (χ0) is 20.9. The van der Waals surface area contributed by atoms with Gasteiger partial charge in [0.15, 0.2) is 0 Å². The van der Waals surface area contributed by atoms with Crippen molar-refractivity contribution in [3.05, 3.63) is 65.4 Å². The predicted octanol–water partition coefficient (Wildman–Crippen LogP) is 5.48. The van der Waals surface area contributed by atoms with E-state index >= 15 is 0 Å². The average molecular weight is 393 g/mol. The second-order valence-electron chi connectivity index (χ2n) is 5.83. The van der Waals surface area contributed by atoms with Gasteiger partial charge in [0.2, 0.25) is 0 Å². The molecule has 4 nitrogen and oxygen atoms in total. The Morgan fingerprint density at radius 3 is 2.25 bits per heavy atom. The van der Waals surface area contributed by atoms with Crippen molar-refractivity contribution in [2.24, 2.45) is 7.05 Å². The van der Waals surface area contributed by atoms with E-state index in [4.69, 9.17) is 4.74 Å². The number of rotatable bonds is 4. The largest absolute Gasteiger partial charge is 0.573 e. The van der Waals surface area contributed by atoms with Gasteiger partial charge in [-0.05, 0) is 42.0 Å². The number of carbonyl (C=O) groups excluding carboxylic acids is 1. The fourth-order valence-corrected chi connectivity index (χ4v) is 2.84. The van der Waals surface area contributed by atoms with Crippen LogP contribution in [-0.2, 0) is 18.2 Å². The molecule has 7 heteroatoms. The fraction of sp³-hybridized carbons (Fsp3) is 0.286. The third-order valence-corrected chi connectivity index (χ3v) is 4.11. The van der Waals surface area contributed by atoms with Crippen LogP contribution >= 0.6 is 0 Å². The maximum Gasteiger partial charge on any atom is 0.573 e. The van der Waals surface area contributed by atoms with Gasteiger partial charge in [0.05, 0.1) is 12.7 Å². The molecule has 0 atom stereocenters. The van der Waals surface area contributed by atoms with Gasteiger partial charge in [0.25, 0.3) is 0 Å². The number of carbonyl (C=O) groups is 1. The zero-order valence-corrected chi connectivity index (χ0v) is 16.1. The van der Waals surface area contributed by atoms with Gasteiger partial charge in [-0.3, -0.25) is 0 Å². The summed E-state index contributed by atoms with van der Waals surface area (Å²) in [6.07, 6.45) is -4.17. The lowest BCUT2D eigenvalue weighted by atomic mass is 10.1. The third-order valence-electron chi connectivity index (χ3n) is 4.11. The van der Waals surface area contributed by atoms with Crippen molar-refractivity contribution < 1.29 is 27.4 Å². The molecule has 150 valence electrons. The molecule has 0 aliphatic rings. The van der Waals surface area contributed by atoms with Gasteiger partial charge < -0.3 is 14.0 Å². The SMILES string of the molecule is CC.COC(=O)c1ccc2c(c1)cc(Cc1ccc(OC(F)(F)F)cc1)n2C. The van der Waals surface area contributed by atoms with Crippen LogP contribution in [0.1, 0.15) is 35.5 Å². The molecule has 3 aromatic rings. The molecule has 0 saturated carbocycles. The Morgan fingerprint density at radius 1 is 1.04 bits per heavy atom. The molecule has 0 spiro atoms. The molecular formula is C21H22F3NO3. The number of alkyl halides is 3. The summed E-state index contributed by atoms with van der Waals surface area (Å²) in [6.45, 7) is 4.00. The van der Waals surface area contributed by atoms with Gasteiger partial charge >= 0.3 is 12.3 Å². The topological polar surface area (TPSA) is 40.5 Å². The van der Waals surface area contributed by atoms with Crippen LogP contribution in [0.15, 0.2) is 48.5 Å². The summed E-state index contributed by atoms with van der Waals surface area (Å²) in [5.74, 6) is -0.654. The van der Waals surface area contributed by atoms with Gasteiger partial charge in [-0.2, -0.15) is 0 Å². The minimum absolute atomic E-state index is 0.249. The van der Waals surface area contributed by atoms with Crippen LogP contribution in [0.3, 0.4) is 0 Å². The lowest BCUT2D eigenvalue weighted by Gasteiger charge is -2.09. The van der Waals surface area contributed by atoms with Gasteiger partial charge in [-0.25, -0.2) is 4.79 Å². The van der Waals surface area contributed by atoms with Crippen molar-refractivity contribution in [1.82, 2.24) is 4.57 Å². The zero-order valence-electron chi connectivity index (χ0n) is 16.1. The lowest BCUT2D eigenvalue weighted by molar-refractivity contribution is -0.274. The molecule has 0 aliphatic carbocycles. The van der Waals surface area contributed by atoms with E-state index in [0.717, 1.165) is 22.2 Å². The van der Waals surface area contributed by atoms with E-state index < -0.39 is 12.3 Å². The van der Waals surface area contributed by atoms with E-state index in [1.54, 1.807) is 24.3 Å². The fourth-order valence-electron chi connectivity index (χ4n) is 2.84. The summed E-state index contributed by atoms with van der Waals surface area (Å²) >= 11 is 0. The number of nitrogens with zero attached hydrogens (tertiary/aromatic N) is 1. The van der Waals surface area contributed by atoms with Crippen molar-refractivity contribution in [1.29, 1.82) is 0 Å². The highest BCUT2D eigenvalue weighted by Crippen LogP contribution is 2.25. The Labute approximate surface area is 161 Å². The van der Waals surface area contributed by atoms with Gasteiger partial charge in [0, 0.05) is 30.1 Å². The molecule has 0 N–H and O–H groups in total. The molecule has 0 saturated heterocycles. The summed E-state index contributed by atoms with van der Waals surface area (Å²) in [4.78, 5) is 11.6. The molecule has 0 unspecified atom stereocenters. The monoisotopic (exact) mass is 393 g/mol. The van der Waals surface area contributed by atoms with Crippen molar-refractivity contribution in [2.75, 3.05) is 7.11 Å². The molecule has 0 amide bonds. The first-order valence-electron chi connectivity index (χ1n) is 8.78. The van der Waals surface area contributed by atoms with Crippen LogP contribution in [0.5, 0.6) is 5.75 Å². The Hall–Kier alpha value is -2.96. The van der Waals surface area contributed by atoms with Crippen LogP contribution in [-0.4, -0.2) is 24.0 Å². The second kappa shape index (κ2) is 8.82. The average Bonchev–Trinajstić information content (AvgIpc) is 2.98. The molecule has 2 aromatic carbocycles. The Balaban J connectivity index is 0.00000136. The summed E-state index contributed by atoms with van der Waals surface area (Å²) < 4.78 is 47.2. The molecule has 3 rings (SSSR count). The van der Waals surface area contributed by atoms with E-state index in [1.807, 2.05) is 37.6 Å². The van der Waals surface area contributed by atoms with Crippen LogP contribution in [0.2, 0.25) is 0 Å². The number of fused-ring (bicyclic) bond motifs is 1. The van der Waals surface area contributed by atoms with Crippen LogP contribution in [0.25, 0.3) is 10.9 Å². The molecule has 1 heterocycles. The molecule has 0 aliphatic heterocycles. The summed E-state index contributed by atoms with van der Waals surface area (Å²) in [7, 11) is 3.23. The number of ether oxygens (including phenoxy) is 2. The van der Waals surface area contributed by atoms with E-state index in [-0.39, 0.29) is 5.75 Å². The predicted molar refractivity (Wildman–Crippen MR) is 102 cm³/mol. The minimum atomic E-state index is -4.70. The molecular weight excluding hydrogens is 371 g/mol. The maximum absolute atomic E-state index is 12.2. The number of aromatic nitrogens is 1. The number of methoxy groups -OCH3 is 1. The Morgan fingerprint density at radius 2 is 1.68 bits per heavy atom. The molecule has 1 aromatic heterocycles. The van der Waals surface area contributed by atoms with Gasteiger partial charge in [0.1, 0.15) is 5.75 Å². The first-order chi connectivity index (χ1) is 13.3. The number of hydrogen-bond donors (Lipinski definition) is 0. The number of hydrogen-bond acceptors (Lipinski definition) is 3. The maximum atomic E-state index is 12.2. The minimum Gasteiger partial charge on any atom is -0.465 e. The number of benzene rings is 2. The summed E-state index contributed by atoms with van der Waals surface area (Å²) in [6, 6.07) is 13.0. The highest BCUT2D eigenvalue weighted by molar-refractivity contribution is 5.95. The molecule has 0 fully saturated rings. The van der Waals surface area contributed by atoms with Crippen molar-refractivity contribution >= 4 is 16.9 Å².